The number of pyridine rings is 1. The maximum absolute atomic E-state index is 4.45. The van der Waals surface area contributed by atoms with Gasteiger partial charge in [0.1, 0.15) is 5.82 Å². The molecule has 4 aromatic rings. The average molecular weight is 310 g/mol. The van der Waals surface area contributed by atoms with Gasteiger partial charge in [0.15, 0.2) is 0 Å². The van der Waals surface area contributed by atoms with Gasteiger partial charge >= 0.3 is 0 Å². The van der Waals surface area contributed by atoms with Crippen LogP contribution in [0.3, 0.4) is 0 Å². The number of aryl methyl sites for hydroxylation is 1. The fourth-order valence-corrected chi connectivity index (χ4v) is 2.84. The minimum atomic E-state index is 0.850. The number of hydrogen-bond acceptors (Lipinski definition) is 2. The van der Waals surface area contributed by atoms with E-state index in [1.807, 2.05) is 12.3 Å². The molecule has 0 atom stereocenters. The number of fused-ring (bicyclic) bond motifs is 1. The van der Waals surface area contributed by atoms with Crippen LogP contribution in [0.1, 0.15) is 5.56 Å². The van der Waals surface area contributed by atoms with Crippen molar-refractivity contribution in [2.75, 3.05) is 5.32 Å². The normalized spacial score (nSPS) is 10.7. The Hall–Kier alpha value is -3.13. The number of hydrogen-bond donors (Lipinski definition) is 1. The summed E-state index contributed by atoms with van der Waals surface area (Å²) in [7, 11) is 0. The largest absolute Gasteiger partial charge is 0.340 e. The van der Waals surface area contributed by atoms with Gasteiger partial charge in [-0.3, -0.25) is 0 Å². The third kappa shape index (κ3) is 2.99. The molecule has 0 bridgehead atoms. The van der Waals surface area contributed by atoms with Crippen molar-refractivity contribution in [2.45, 2.75) is 6.92 Å². The molecule has 2 heteroatoms. The lowest BCUT2D eigenvalue weighted by Gasteiger charge is -2.09. The molecule has 0 fully saturated rings. The number of nitrogens with zero attached hydrogens (tertiary/aromatic N) is 1. The smallest absolute Gasteiger partial charge is 0.130 e. The Morgan fingerprint density at radius 3 is 2.33 bits per heavy atom. The monoisotopic (exact) mass is 310 g/mol. The molecule has 0 aliphatic carbocycles. The van der Waals surface area contributed by atoms with Crippen molar-refractivity contribution in [2.24, 2.45) is 0 Å². The van der Waals surface area contributed by atoms with Crippen molar-refractivity contribution < 1.29 is 0 Å². The van der Waals surface area contributed by atoms with E-state index in [1.54, 1.807) is 0 Å². The zero-order valence-corrected chi connectivity index (χ0v) is 13.5. The fraction of sp³-hybridized carbons (Fsp3) is 0.0455. The van der Waals surface area contributed by atoms with Crippen LogP contribution in [0.25, 0.3) is 21.9 Å². The van der Waals surface area contributed by atoms with E-state index in [-0.39, 0.29) is 0 Å². The van der Waals surface area contributed by atoms with E-state index in [2.05, 4.69) is 90.0 Å². The summed E-state index contributed by atoms with van der Waals surface area (Å²) in [6.45, 7) is 2.10. The number of anilines is 2. The first-order valence-electron chi connectivity index (χ1n) is 8.07. The first-order chi connectivity index (χ1) is 11.8. The van der Waals surface area contributed by atoms with Crippen LogP contribution in [0.2, 0.25) is 0 Å². The third-order valence-electron chi connectivity index (χ3n) is 4.17. The van der Waals surface area contributed by atoms with Gasteiger partial charge in [0.2, 0.25) is 0 Å². The van der Waals surface area contributed by atoms with Gasteiger partial charge in [0.25, 0.3) is 0 Å². The second-order valence-electron chi connectivity index (χ2n) is 5.98. The highest BCUT2D eigenvalue weighted by atomic mass is 15.0. The second kappa shape index (κ2) is 6.17. The van der Waals surface area contributed by atoms with Gasteiger partial charge in [-0.25, -0.2) is 4.98 Å². The van der Waals surface area contributed by atoms with Crippen molar-refractivity contribution >= 4 is 22.3 Å². The number of nitrogens with one attached hydrogen (secondary N) is 1. The van der Waals surface area contributed by atoms with Crippen LogP contribution in [-0.2, 0) is 0 Å². The lowest BCUT2D eigenvalue weighted by molar-refractivity contribution is 1.31. The molecule has 0 saturated heterocycles. The Morgan fingerprint density at radius 2 is 1.50 bits per heavy atom. The molecule has 0 aliphatic heterocycles. The SMILES string of the molecule is Cc1ccc(-c2ccnc(Nc3ccc4ccccc4c3)c2)cc1. The topological polar surface area (TPSA) is 24.9 Å². The van der Waals surface area contributed by atoms with Crippen molar-refractivity contribution in [3.05, 3.63) is 90.6 Å². The van der Waals surface area contributed by atoms with Crippen molar-refractivity contribution in [3.8, 4) is 11.1 Å². The molecule has 0 radical (unpaired) electrons. The van der Waals surface area contributed by atoms with Gasteiger partial charge in [-0.1, -0.05) is 60.2 Å². The molecule has 1 heterocycles. The highest BCUT2D eigenvalue weighted by Gasteiger charge is 2.02. The molecular formula is C22H18N2. The molecule has 2 nitrogen and oxygen atoms in total. The lowest BCUT2D eigenvalue weighted by atomic mass is 10.1. The van der Waals surface area contributed by atoms with E-state index < -0.39 is 0 Å². The van der Waals surface area contributed by atoms with E-state index in [4.69, 9.17) is 0 Å². The van der Waals surface area contributed by atoms with Crippen molar-refractivity contribution in [1.29, 1.82) is 0 Å². The lowest BCUT2D eigenvalue weighted by Crippen LogP contribution is -1.93. The highest BCUT2D eigenvalue weighted by Crippen LogP contribution is 2.25. The molecule has 1 N–H and O–H groups in total. The summed E-state index contributed by atoms with van der Waals surface area (Å²) in [6.07, 6.45) is 1.85. The summed E-state index contributed by atoms with van der Waals surface area (Å²) >= 11 is 0. The van der Waals surface area contributed by atoms with Crippen LogP contribution in [0.4, 0.5) is 11.5 Å². The first-order valence-corrected chi connectivity index (χ1v) is 8.07. The molecule has 3 aromatic carbocycles. The van der Waals surface area contributed by atoms with Gasteiger partial charge < -0.3 is 5.32 Å². The van der Waals surface area contributed by atoms with Crippen LogP contribution in [-0.4, -0.2) is 4.98 Å². The molecule has 0 spiro atoms. The minimum Gasteiger partial charge on any atom is -0.340 e. The Labute approximate surface area is 141 Å². The Balaban J connectivity index is 1.64. The molecule has 4 rings (SSSR count). The predicted octanol–water partition coefficient (Wildman–Crippen LogP) is 5.95. The summed E-state index contributed by atoms with van der Waals surface area (Å²) in [6, 6.07) is 27.4. The van der Waals surface area contributed by atoms with E-state index in [0.717, 1.165) is 17.1 Å². The average Bonchev–Trinajstić information content (AvgIpc) is 2.62. The van der Waals surface area contributed by atoms with Crippen LogP contribution < -0.4 is 5.32 Å². The van der Waals surface area contributed by atoms with E-state index in [0.29, 0.717) is 0 Å². The maximum atomic E-state index is 4.45. The Bertz CT molecular complexity index is 988. The fourth-order valence-electron chi connectivity index (χ4n) is 2.84. The minimum absolute atomic E-state index is 0.850. The van der Waals surface area contributed by atoms with Gasteiger partial charge in [0.05, 0.1) is 0 Å². The van der Waals surface area contributed by atoms with Crippen LogP contribution in [0.5, 0.6) is 0 Å². The van der Waals surface area contributed by atoms with Gasteiger partial charge in [-0.2, -0.15) is 0 Å². The van der Waals surface area contributed by atoms with Crippen LogP contribution in [0.15, 0.2) is 85.1 Å². The standard InChI is InChI=1S/C22H18N2/c1-16-6-8-18(9-7-16)20-12-13-23-22(15-20)24-21-11-10-17-4-2-3-5-19(17)14-21/h2-15H,1H3,(H,23,24). The summed E-state index contributed by atoms with van der Waals surface area (Å²) in [5, 5.41) is 5.87. The molecule has 1 aromatic heterocycles. The Morgan fingerprint density at radius 1 is 0.708 bits per heavy atom. The van der Waals surface area contributed by atoms with E-state index in [1.165, 1.54) is 21.9 Å². The third-order valence-corrected chi connectivity index (χ3v) is 4.17. The first kappa shape index (κ1) is 14.5. The summed E-state index contributed by atoms with van der Waals surface area (Å²) in [5.41, 5.74) is 4.67. The molecule has 0 saturated carbocycles. The highest BCUT2D eigenvalue weighted by molar-refractivity contribution is 5.86. The number of rotatable bonds is 3. The van der Waals surface area contributed by atoms with Crippen LogP contribution >= 0.6 is 0 Å². The summed E-state index contributed by atoms with van der Waals surface area (Å²) < 4.78 is 0. The van der Waals surface area contributed by atoms with E-state index in [9.17, 15) is 0 Å². The van der Waals surface area contributed by atoms with Gasteiger partial charge in [0, 0.05) is 11.9 Å². The summed E-state index contributed by atoms with van der Waals surface area (Å²) in [5.74, 6) is 0.850. The second-order valence-corrected chi connectivity index (χ2v) is 5.98. The molecule has 116 valence electrons. The zero-order valence-electron chi connectivity index (χ0n) is 13.5. The van der Waals surface area contributed by atoms with Gasteiger partial charge in [-0.05, 0) is 53.1 Å². The number of aromatic nitrogens is 1. The zero-order chi connectivity index (χ0) is 16.4. The summed E-state index contributed by atoms with van der Waals surface area (Å²) in [4.78, 5) is 4.45. The molecule has 0 unspecified atom stereocenters. The number of benzene rings is 3. The van der Waals surface area contributed by atoms with Crippen molar-refractivity contribution in [1.82, 2.24) is 4.98 Å². The molecule has 0 amide bonds. The van der Waals surface area contributed by atoms with Crippen molar-refractivity contribution in [3.63, 3.8) is 0 Å². The van der Waals surface area contributed by atoms with E-state index >= 15 is 0 Å². The van der Waals surface area contributed by atoms with Gasteiger partial charge in [-0.15, -0.1) is 0 Å². The Kier molecular flexibility index (Phi) is 3.72. The molecular weight excluding hydrogens is 292 g/mol. The maximum Gasteiger partial charge on any atom is 0.130 e. The molecule has 0 aliphatic rings. The predicted molar refractivity (Wildman–Crippen MR) is 102 cm³/mol. The quantitative estimate of drug-likeness (QED) is 0.505. The van der Waals surface area contributed by atoms with Crippen LogP contribution in [0, 0.1) is 6.92 Å². The molecule has 24 heavy (non-hydrogen) atoms.